The number of rotatable bonds is 7. The lowest BCUT2D eigenvalue weighted by Crippen LogP contribution is -2.36. The molecule has 0 saturated carbocycles. The smallest absolute Gasteiger partial charge is 0.251 e. The summed E-state index contributed by atoms with van der Waals surface area (Å²) >= 11 is 0. The fourth-order valence-corrected chi connectivity index (χ4v) is 3.65. The second kappa shape index (κ2) is 9.74. The first-order valence-corrected chi connectivity index (χ1v) is 10.3. The van der Waals surface area contributed by atoms with Gasteiger partial charge in [-0.2, -0.15) is 0 Å². The van der Waals surface area contributed by atoms with Crippen molar-refractivity contribution in [3.8, 4) is 5.75 Å². The van der Waals surface area contributed by atoms with Crippen molar-refractivity contribution in [2.45, 2.75) is 46.2 Å². The van der Waals surface area contributed by atoms with Crippen LogP contribution >= 0.6 is 0 Å². The van der Waals surface area contributed by atoms with E-state index in [9.17, 15) is 4.79 Å². The minimum Gasteiger partial charge on any atom is -0.491 e. The first kappa shape index (κ1) is 20.4. The van der Waals surface area contributed by atoms with Crippen LogP contribution in [-0.2, 0) is 6.54 Å². The summed E-state index contributed by atoms with van der Waals surface area (Å²) in [6.45, 7) is 10.1. The Bertz CT molecular complexity index is 755. The summed E-state index contributed by atoms with van der Waals surface area (Å²) in [7, 11) is 0. The molecule has 0 radical (unpaired) electrons. The second-order valence-electron chi connectivity index (χ2n) is 8.18. The Balaban J connectivity index is 1.46. The summed E-state index contributed by atoms with van der Waals surface area (Å²) in [6.07, 6.45) is 2.62. The molecule has 4 nitrogen and oxygen atoms in total. The van der Waals surface area contributed by atoms with Crippen LogP contribution in [-0.4, -0.2) is 36.5 Å². The van der Waals surface area contributed by atoms with E-state index in [1.54, 1.807) is 0 Å². The van der Waals surface area contributed by atoms with Crippen molar-refractivity contribution in [2.75, 3.05) is 19.7 Å². The minimum absolute atomic E-state index is 0.0573. The van der Waals surface area contributed by atoms with Crippen LogP contribution in [0, 0.1) is 12.8 Å². The number of aryl methyl sites for hydroxylation is 1. The molecular weight excluding hydrogens is 348 g/mol. The van der Waals surface area contributed by atoms with Gasteiger partial charge >= 0.3 is 0 Å². The number of ether oxygens (including phenoxy) is 1. The van der Waals surface area contributed by atoms with Crippen molar-refractivity contribution in [2.24, 2.45) is 5.92 Å². The van der Waals surface area contributed by atoms with Crippen LogP contribution in [0.25, 0.3) is 0 Å². The van der Waals surface area contributed by atoms with E-state index in [1.165, 1.54) is 37.1 Å². The van der Waals surface area contributed by atoms with Gasteiger partial charge in [0.05, 0.1) is 6.04 Å². The van der Waals surface area contributed by atoms with Gasteiger partial charge in [-0.15, -0.1) is 0 Å². The van der Waals surface area contributed by atoms with E-state index in [0.717, 1.165) is 18.2 Å². The Morgan fingerprint density at radius 3 is 2.57 bits per heavy atom. The molecule has 2 aromatic carbocycles. The van der Waals surface area contributed by atoms with Gasteiger partial charge in [0.1, 0.15) is 12.4 Å². The van der Waals surface area contributed by atoms with Gasteiger partial charge in [0.25, 0.3) is 5.91 Å². The van der Waals surface area contributed by atoms with Gasteiger partial charge in [-0.25, -0.2) is 0 Å². The molecule has 0 spiro atoms. The number of hydrogen-bond donors (Lipinski definition) is 1. The van der Waals surface area contributed by atoms with Gasteiger partial charge in [0, 0.05) is 18.7 Å². The van der Waals surface area contributed by atoms with Crippen molar-refractivity contribution in [1.82, 2.24) is 10.2 Å². The highest BCUT2D eigenvalue weighted by molar-refractivity contribution is 5.94. The van der Waals surface area contributed by atoms with E-state index < -0.39 is 0 Å². The summed E-state index contributed by atoms with van der Waals surface area (Å²) in [5.41, 5.74) is 3.16. The molecule has 1 aliphatic rings. The molecule has 1 fully saturated rings. The third kappa shape index (κ3) is 6.10. The monoisotopic (exact) mass is 380 g/mol. The van der Waals surface area contributed by atoms with Gasteiger partial charge < -0.3 is 10.1 Å². The topological polar surface area (TPSA) is 41.6 Å². The maximum absolute atomic E-state index is 12.5. The predicted octanol–water partition coefficient (Wildman–Crippen LogP) is 4.42. The van der Waals surface area contributed by atoms with Gasteiger partial charge in [0.15, 0.2) is 0 Å². The Hall–Kier alpha value is -2.33. The number of carbonyl (C=O) groups is 1. The number of benzene rings is 2. The highest BCUT2D eigenvalue weighted by Gasteiger charge is 2.16. The number of amides is 1. The molecule has 1 amide bonds. The third-order valence-electron chi connectivity index (χ3n) is 5.26. The summed E-state index contributed by atoms with van der Waals surface area (Å²) in [4.78, 5) is 15.0. The summed E-state index contributed by atoms with van der Waals surface area (Å²) < 4.78 is 5.75. The van der Waals surface area contributed by atoms with Crippen LogP contribution < -0.4 is 10.1 Å². The zero-order valence-electron chi connectivity index (χ0n) is 17.3. The molecule has 2 atom stereocenters. The largest absolute Gasteiger partial charge is 0.491 e. The lowest BCUT2D eigenvalue weighted by Gasteiger charge is -2.30. The number of piperidine rings is 1. The number of carbonyl (C=O) groups excluding carboxylic acids is 1. The molecule has 150 valence electrons. The average Bonchev–Trinajstić information content (AvgIpc) is 2.68. The molecule has 1 aliphatic heterocycles. The Kier molecular flexibility index (Phi) is 7.10. The Morgan fingerprint density at radius 2 is 1.89 bits per heavy atom. The zero-order chi connectivity index (χ0) is 19.9. The standard InChI is InChI=1S/C24H32N2O2/c1-18-6-12-23(13-7-18)28-17-20(3)25-24(27)22-10-8-21(9-11-22)16-26-14-4-5-19(2)15-26/h6-13,19-20H,4-5,14-17H2,1-3H3,(H,25,27). The normalized spacial score (nSPS) is 18.5. The molecule has 28 heavy (non-hydrogen) atoms. The van der Waals surface area contributed by atoms with Gasteiger partial charge in [-0.3, -0.25) is 9.69 Å². The van der Waals surface area contributed by atoms with Crippen LogP contribution in [0.2, 0.25) is 0 Å². The number of likely N-dealkylation sites (tertiary alicyclic amines) is 1. The van der Waals surface area contributed by atoms with Crippen LogP contribution in [0.4, 0.5) is 0 Å². The average molecular weight is 381 g/mol. The van der Waals surface area contributed by atoms with Crippen LogP contribution in [0.1, 0.15) is 48.2 Å². The number of hydrogen-bond acceptors (Lipinski definition) is 3. The van der Waals surface area contributed by atoms with Crippen molar-refractivity contribution >= 4 is 5.91 Å². The van der Waals surface area contributed by atoms with Crippen molar-refractivity contribution < 1.29 is 9.53 Å². The highest BCUT2D eigenvalue weighted by Crippen LogP contribution is 2.18. The molecule has 0 aromatic heterocycles. The molecule has 0 bridgehead atoms. The maximum Gasteiger partial charge on any atom is 0.251 e. The second-order valence-corrected chi connectivity index (χ2v) is 8.18. The molecular formula is C24H32N2O2. The number of nitrogens with one attached hydrogen (secondary N) is 1. The molecule has 1 N–H and O–H groups in total. The summed E-state index contributed by atoms with van der Waals surface area (Å²) in [6, 6.07) is 15.9. The Labute approximate surface area is 168 Å². The van der Waals surface area contributed by atoms with Gasteiger partial charge in [-0.05, 0) is 69.0 Å². The number of nitrogens with zero attached hydrogens (tertiary/aromatic N) is 1. The SMILES string of the molecule is Cc1ccc(OCC(C)NC(=O)c2ccc(CN3CCCC(C)C3)cc2)cc1. The van der Waals surface area contributed by atoms with Crippen LogP contribution in [0.5, 0.6) is 5.75 Å². The van der Waals surface area contributed by atoms with E-state index in [2.05, 4.69) is 29.3 Å². The molecule has 2 aromatic rings. The fourth-order valence-electron chi connectivity index (χ4n) is 3.65. The predicted molar refractivity (Wildman–Crippen MR) is 114 cm³/mol. The van der Waals surface area contributed by atoms with Crippen molar-refractivity contribution in [3.05, 3.63) is 65.2 Å². The van der Waals surface area contributed by atoms with Gasteiger partial charge in [0.2, 0.25) is 0 Å². The third-order valence-corrected chi connectivity index (χ3v) is 5.26. The Morgan fingerprint density at radius 1 is 1.18 bits per heavy atom. The molecule has 0 aliphatic carbocycles. The van der Waals surface area contributed by atoms with Crippen LogP contribution in [0.15, 0.2) is 48.5 Å². The minimum atomic E-state index is -0.0664. The maximum atomic E-state index is 12.5. The summed E-state index contributed by atoms with van der Waals surface area (Å²) in [5, 5.41) is 3.01. The first-order chi connectivity index (χ1) is 13.5. The summed E-state index contributed by atoms with van der Waals surface area (Å²) in [5.74, 6) is 1.55. The first-order valence-electron chi connectivity index (χ1n) is 10.3. The van der Waals surface area contributed by atoms with E-state index in [1.807, 2.05) is 50.2 Å². The molecule has 1 saturated heterocycles. The molecule has 1 heterocycles. The van der Waals surface area contributed by atoms with E-state index >= 15 is 0 Å². The zero-order valence-corrected chi connectivity index (χ0v) is 17.3. The van der Waals surface area contributed by atoms with Gasteiger partial charge in [-0.1, -0.05) is 36.8 Å². The van der Waals surface area contributed by atoms with E-state index in [-0.39, 0.29) is 11.9 Å². The lowest BCUT2D eigenvalue weighted by atomic mass is 9.99. The molecule has 2 unspecified atom stereocenters. The van der Waals surface area contributed by atoms with Crippen LogP contribution in [0.3, 0.4) is 0 Å². The van der Waals surface area contributed by atoms with E-state index in [0.29, 0.717) is 12.2 Å². The molecule has 4 heteroatoms. The fraction of sp³-hybridized carbons (Fsp3) is 0.458. The van der Waals surface area contributed by atoms with Crippen molar-refractivity contribution in [1.29, 1.82) is 0 Å². The van der Waals surface area contributed by atoms with E-state index in [4.69, 9.17) is 4.74 Å². The quantitative estimate of drug-likeness (QED) is 0.773. The molecule has 3 rings (SSSR count). The van der Waals surface area contributed by atoms with Crippen molar-refractivity contribution in [3.63, 3.8) is 0 Å². The highest BCUT2D eigenvalue weighted by atomic mass is 16.5. The lowest BCUT2D eigenvalue weighted by molar-refractivity contribution is 0.0926.